The monoisotopic (exact) mass is 321 g/mol. The molecule has 0 aliphatic carbocycles. The Morgan fingerprint density at radius 2 is 2.41 bits per heavy atom. The molecular weight excluding hydrogens is 302 g/mol. The molecule has 0 bridgehead atoms. The molecular formula is C15H19N3O3S. The second-order valence-corrected chi connectivity index (χ2v) is 6.46. The molecule has 0 saturated carbocycles. The van der Waals surface area contributed by atoms with Gasteiger partial charge in [-0.15, -0.1) is 11.3 Å². The summed E-state index contributed by atoms with van der Waals surface area (Å²) in [5.41, 5.74) is 1.05. The van der Waals surface area contributed by atoms with Gasteiger partial charge in [0.05, 0.1) is 5.01 Å². The van der Waals surface area contributed by atoms with Gasteiger partial charge in [-0.3, -0.25) is 4.79 Å². The molecule has 118 valence electrons. The van der Waals surface area contributed by atoms with Gasteiger partial charge in [-0.25, -0.2) is 4.98 Å². The maximum absolute atomic E-state index is 12.3. The number of likely N-dealkylation sites (tertiary alicyclic amines) is 1. The van der Waals surface area contributed by atoms with E-state index >= 15 is 0 Å². The summed E-state index contributed by atoms with van der Waals surface area (Å²) in [6.07, 6.45) is 2.08. The zero-order valence-electron chi connectivity index (χ0n) is 12.7. The smallest absolute Gasteiger partial charge is 0.260 e. The van der Waals surface area contributed by atoms with Crippen molar-refractivity contribution < 1.29 is 14.1 Å². The third kappa shape index (κ3) is 3.47. The highest BCUT2D eigenvalue weighted by Gasteiger charge is 2.26. The molecule has 7 heteroatoms. The van der Waals surface area contributed by atoms with E-state index in [0.29, 0.717) is 24.1 Å². The lowest BCUT2D eigenvalue weighted by molar-refractivity contribution is -0.134. The Hall–Kier alpha value is -1.89. The number of aryl methyl sites for hydroxylation is 2. The average molecular weight is 321 g/mol. The van der Waals surface area contributed by atoms with Gasteiger partial charge in [-0.05, 0) is 31.8 Å². The molecule has 0 aromatic carbocycles. The predicted octanol–water partition coefficient (Wildman–Crippen LogP) is 2.53. The number of amides is 1. The van der Waals surface area contributed by atoms with Crippen LogP contribution in [0.5, 0.6) is 5.88 Å². The lowest BCUT2D eigenvalue weighted by Gasteiger charge is -2.31. The molecule has 1 amide bonds. The van der Waals surface area contributed by atoms with Crippen molar-refractivity contribution in [3.8, 4) is 5.88 Å². The molecule has 1 fully saturated rings. The van der Waals surface area contributed by atoms with E-state index in [9.17, 15) is 4.79 Å². The Morgan fingerprint density at radius 3 is 3.09 bits per heavy atom. The van der Waals surface area contributed by atoms with Crippen LogP contribution >= 0.6 is 11.3 Å². The number of ether oxygens (including phenoxy) is 1. The summed E-state index contributed by atoms with van der Waals surface area (Å²) in [6, 6.07) is 1.67. The van der Waals surface area contributed by atoms with Gasteiger partial charge in [-0.1, -0.05) is 0 Å². The quantitative estimate of drug-likeness (QED) is 0.865. The van der Waals surface area contributed by atoms with E-state index in [0.717, 1.165) is 30.1 Å². The van der Waals surface area contributed by atoms with Crippen LogP contribution in [0.3, 0.4) is 0 Å². The van der Waals surface area contributed by atoms with Crippen LogP contribution in [-0.4, -0.2) is 40.6 Å². The Kier molecular flexibility index (Phi) is 4.42. The number of nitrogens with zero attached hydrogens (tertiary/aromatic N) is 3. The first kappa shape index (κ1) is 15.0. The van der Waals surface area contributed by atoms with Gasteiger partial charge < -0.3 is 14.2 Å². The third-order valence-corrected chi connectivity index (χ3v) is 4.84. The molecule has 1 aliphatic rings. The number of rotatable bonds is 4. The molecule has 22 heavy (non-hydrogen) atoms. The van der Waals surface area contributed by atoms with Crippen molar-refractivity contribution in [2.24, 2.45) is 0 Å². The third-order valence-electron chi connectivity index (χ3n) is 3.71. The number of hydrogen-bond donors (Lipinski definition) is 0. The van der Waals surface area contributed by atoms with Crippen molar-refractivity contribution in [2.75, 3.05) is 19.7 Å². The fourth-order valence-corrected chi connectivity index (χ4v) is 3.53. The van der Waals surface area contributed by atoms with Crippen LogP contribution in [0, 0.1) is 13.8 Å². The number of piperidine rings is 1. The number of aromatic nitrogens is 2. The van der Waals surface area contributed by atoms with Gasteiger partial charge in [0.1, 0.15) is 5.76 Å². The number of thiazole rings is 1. The van der Waals surface area contributed by atoms with Crippen molar-refractivity contribution in [3.05, 3.63) is 27.9 Å². The lowest BCUT2D eigenvalue weighted by Crippen LogP contribution is -2.41. The van der Waals surface area contributed by atoms with E-state index in [1.165, 1.54) is 0 Å². The largest absolute Gasteiger partial charge is 0.465 e. The summed E-state index contributed by atoms with van der Waals surface area (Å²) < 4.78 is 10.3. The number of carbonyl (C=O) groups is 1. The maximum Gasteiger partial charge on any atom is 0.260 e. The Balaban J connectivity index is 1.55. The molecule has 1 atom stereocenters. The van der Waals surface area contributed by atoms with E-state index in [2.05, 4.69) is 15.5 Å². The molecule has 2 aromatic rings. The van der Waals surface area contributed by atoms with Gasteiger partial charge in [-0.2, -0.15) is 0 Å². The highest BCUT2D eigenvalue weighted by molar-refractivity contribution is 7.09. The minimum absolute atomic E-state index is 0.00437. The van der Waals surface area contributed by atoms with Crippen molar-refractivity contribution >= 4 is 17.2 Å². The molecule has 0 N–H and O–H groups in total. The number of carbonyl (C=O) groups excluding carboxylic acids is 1. The molecule has 3 heterocycles. The highest BCUT2D eigenvalue weighted by atomic mass is 32.1. The minimum Gasteiger partial charge on any atom is -0.465 e. The molecule has 0 unspecified atom stereocenters. The lowest BCUT2D eigenvalue weighted by atomic mass is 9.99. The van der Waals surface area contributed by atoms with Gasteiger partial charge in [0.2, 0.25) is 0 Å². The van der Waals surface area contributed by atoms with E-state index < -0.39 is 0 Å². The fraction of sp³-hybridized carbons (Fsp3) is 0.533. The fourth-order valence-electron chi connectivity index (χ4n) is 2.60. The van der Waals surface area contributed by atoms with Crippen LogP contribution in [0.1, 0.15) is 35.2 Å². The van der Waals surface area contributed by atoms with Crippen molar-refractivity contribution in [1.29, 1.82) is 0 Å². The first-order valence-electron chi connectivity index (χ1n) is 7.38. The summed E-state index contributed by atoms with van der Waals surface area (Å²) in [5, 5.41) is 6.91. The van der Waals surface area contributed by atoms with E-state index in [1.807, 2.05) is 11.8 Å². The van der Waals surface area contributed by atoms with Gasteiger partial charge in [0.25, 0.3) is 11.8 Å². The van der Waals surface area contributed by atoms with E-state index in [4.69, 9.17) is 9.26 Å². The Morgan fingerprint density at radius 1 is 1.55 bits per heavy atom. The maximum atomic E-state index is 12.3. The van der Waals surface area contributed by atoms with Crippen LogP contribution in [0.4, 0.5) is 0 Å². The van der Waals surface area contributed by atoms with Gasteiger partial charge >= 0.3 is 0 Å². The van der Waals surface area contributed by atoms with E-state index in [-0.39, 0.29) is 12.5 Å². The summed E-state index contributed by atoms with van der Waals surface area (Å²) in [7, 11) is 0. The second kappa shape index (κ2) is 6.48. The van der Waals surface area contributed by atoms with Gasteiger partial charge in [0, 0.05) is 36.1 Å². The van der Waals surface area contributed by atoms with Crippen molar-refractivity contribution in [2.45, 2.75) is 32.6 Å². The van der Waals surface area contributed by atoms with Crippen LogP contribution in [0.25, 0.3) is 0 Å². The molecule has 0 spiro atoms. The molecule has 1 saturated heterocycles. The zero-order valence-corrected chi connectivity index (χ0v) is 13.6. The average Bonchev–Trinajstić information content (AvgIpc) is 3.13. The molecule has 0 radical (unpaired) electrons. The van der Waals surface area contributed by atoms with Crippen LogP contribution in [0.2, 0.25) is 0 Å². The topological polar surface area (TPSA) is 68.5 Å². The predicted molar refractivity (Wildman–Crippen MR) is 82.1 cm³/mol. The summed E-state index contributed by atoms with van der Waals surface area (Å²) >= 11 is 1.68. The number of hydrogen-bond acceptors (Lipinski definition) is 6. The first-order chi connectivity index (χ1) is 10.6. The molecule has 2 aromatic heterocycles. The normalized spacial score (nSPS) is 18.5. The van der Waals surface area contributed by atoms with Crippen molar-refractivity contribution in [3.63, 3.8) is 0 Å². The summed E-state index contributed by atoms with van der Waals surface area (Å²) in [4.78, 5) is 18.7. The van der Waals surface area contributed by atoms with Crippen LogP contribution in [-0.2, 0) is 4.79 Å². The van der Waals surface area contributed by atoms with Gasteiger partial charge in [0.15, 0.2) is 6.61 Å². The first-order valence-corrected chi connectivity index (χ1v) is 8.25. The summed E-state index contributed by atoms with van der Waals surface area (Å²) in [6.45, 7) is 5.27. The van der Waals surface area contributed by atoms with Crippen molar-refractivity contribution in [1.82, 2.24) is 15.0 Å². The minimum atomic E-state index is -0.0152. The Labute approximate surface area is 133 Å². The highest BCUT2D eigenvalue weighted by Crippen LogP contribution is 2.29. The zero-order chi connectivity index (χ0) is 15.5. The van der Waals surface area contributed by atoms with Crippen LogP contribution in [0.15, 0.2) is 16.0 Å². The SMILES string of the molecule is Cc1csc([C@@H]2CCCN(C(=O)COc3cc(C)on3)C2)n1. The van der Waals surface area contributed by atoms with Crippen LogP contribution < -0.4 is 4.74 Å². The molecule has 3 rings (SSSR count). The van der Waals surface area contributed by atoms with E-state index in [1.54, 1.807) is 24.3 Å². The second-order valence-electron chi connectivity index (χ2n) is 5.57. The molecule has 1 aliphatic heterocycles. The standard InChI is InChI=1S/C15H19N3O3S/c1-10-9-22-15(16-10)12-4-3-5-18(7-12)14(19)8-20-13-6-11(2)21-17-13/h6,9,12H,3-5,7-8H2,1-2H3/t12-/m1/s1. The Bertz CT molecular complexity index is 652. The summed E-state index contributed by atoms with van der Waals surface area (Å²) in [5.74, 6) is 1.35. The molecule has 6 nitrogen and oxygen atoms in total.